The Kier molecular flexibility index (Phi) is 7.51. The minimum absolute atomic E-state index is 0.00912. The predicted molar refractivity (Wildman–Crippen MR) is 104 cm³/mol. The lowest BCUT2D eigenvalue weighted by atomic mass is 9.89. The molecular weight excluding hydrogens is 342 g/mol. The zero-order valence-electron chi connectivity index (χ0n) is 15.9. The van der Waals surface area contributed by atoms with E-state index in [4.69, 9.17) is 4.74 Å². The second-order valence-corrected chi connectivity index (χ2v) is 7.57. The van der Waals surface area contributed by atoms with Crippen LogP contribution in [0.25, 0.3) is 0 Å². The maximum atomic E-state index is 12.1. The van der Waals surface area contributed by atoms with E-state index in [-0.39, 0.29) is 36.5 Å². The number of ether oxygens (including phenoxy) is 1. The molecule has 1 saturated heterocycles. The number of carbonyl (C=O) groups is 2. The number of benzene rings is 1. The molecule has 0 aromatic heterocycles. The molecule has 1 aliphatic carbocycles. The highest BCUT2D eigenvalue weighted by Gasteiger charge is 2.27. The van der Waals surface area contributed by atoms with E-state index in [9.17, 15) is 9.59 Å². The number of urea groups is 1. The van der Waals surface area contributed by atoms with Gasteiger partial charge in [-0.1, -0.05) is 49.6 Å². The first-order valence-electron chi connectivity index (χ1n) is 10.2. The summed E-state index contributed by atoms with van der Waals surface area (Å²) in [6, 6.07) is 10.1. The van der Waals surface area contributed by atoms with Crippen LogP contribution in [0.15, 0.2) is 30.3 Å². The van der Waals surface area contributed by atoms with Crippen LogP contribution in [-0.2, 0) is 9.53 Å². The van der Waals surface area contributed by atoms with Crippen molar-refractivity contribution >= 4 is 11.9 Å². The Morgan fingerprint density at radius 2 is 1.74 bits per heavy atom. The average Bonchev–Trinajstić information content (AvgIpc) is 2.72. The van der Waals surface area contributed by atoms with Gasteiger partial charge in [0.1, 0.15) is 0 Å². The number of hydrogen-bond acceptors (Lipinski definition) is 3. The molecule has 2 aliphatic rings. The standard InChI is InChI=1S/C21H31N3O3/c25-19(24-18-11-5-2-6-12-18)15-23-21(26)22-14-17-10-7-13-27-20(17)16-8-3-1-4-9-16/h1,3-4,8-9,17-18,20H,2,5-7,10-15H2,(H,24,25)(H2,22,23,26)/t17-,20-/m0/s1. The molecule has 3 N–H and O–H groups in total. The van der Waals surface area contributed by atoms with E-state index in [1.807, 2.05) is 18.2 Å². The van der Waals surface area contributed by atoms with Crippen molar-refractivity contribution < 1.29 is 14.3 Å². The summed E-state index contributed by atoms with van der Waals surface area (Å²) in [6.07, 6.45) is 7.71. The molecule has 0 bridgehead atoms. The van der Waals surface area contributed by atoms with Gasteiger partial charge in [-0.2, -0.15) is 0 Å². The van der Waals surface area contributed by atoms with E-state index in [0.29, 0.717) is 6.54 Å². The van der Waals surface area contributed by atoms with Crippen molar-refractivity contribution in [2.45, 2.75) is 57.1 Å². The summed E-state index contributed by atoms with van der Waals surface area (Å²) in [5.74, 6) is 0.128. The summed E-state index contributed by atoms with van der Waals surface area (Å²) < 4.78 is 5.96. The molecule has 2 atom stereocenters. The number of carbonyl (C=O) groups excluding carboxylic acids is 2. The normalized spacial score (nSPS) is 23.4. The fourth-order valence-corrected chi connectivity index (χ4v) is 4.04. The molecule has 148 valence electrons. The first kappa shape index (κ1) is 19.7. The molecule has 0 radical (unpaired) electrons. The molecule has 1 aliphatic heterocycles. The van der Waals surface area contributed by atoms with Gasteiger partial charge in [0.2, 0.25) is 5.91 Å². The van der Waals surface area contributed by atoms with Gasteiger partial charge < -0.3 is 20.7 Å². The molecule has 3 amide bonds. The molecule has 3 rings (SSSR count). The van der Waals surface area contributed by atoms with E-state index in [1.54, 1.807) is 0 Å². The van der Waals surface area contributed by atoms with Gasteiger partial charge in [-0.25, -0.2) is 4.79 Å². The Labute approximate surface area is 161 Å². The third-order valence-corrected chi connectivity index (χ3v) is 5.48. The summed E-state index contributed by atoms with van der Waals surface area (Å²) in [7, 11) is 0. The quantitative estimate of drug-likeness (QED) is 0.717. The molecule has 0 spiro atoms. The van der Waals surface area contributed by atoms with Crippen molar-refractivity contribution in [3.8, 4) is 0 Å². The highest BCUT2D eigenvalue weighted by Crippen LogP contribution is 2.32. The van der Waals surface area contributed by atoms with Crippen molar-refractivity contribution in [2.75, 3.05) is 19.7 Å². The minimum Gasteiger partial charge on any atom is -0.373 e. The smallest absolute Gasteiger partial charge is 0.315 e. The van der Waals surface area contributed by atoms with Gasteiger partial charge >= 0.3 is 6.03 Å². The third kappa shape index (κ3) is 6.24. The van der Waals surface area contributed by atoms with E-state index in [0.717, 1.165) is 37.9 Å². The predicted octanol–water partition coefficient (Wildman–Crippen LogP) is 2.90. The molecule has 1 aromatic carbocycles. The molecule has 1 saturated carbocycles. The van der Waals surface area contributed by atoms with Gasteiger partial charge in [-0.3, -0.25) is 4.79 Å². The van der Waals surface area contributed by atoms with E-state index in [1.165, 1.54) is 19.3 Å². The Hall–Kier alpha value is -2.08. The van der Waals surface area contributed by atoms with Crippen LogP contribution in [0.2, 0.25) is 0 Å². The maximum Gasteiger partial charge on any atom is 0.315 e. The van der Waals surface area contributed by atoms with E-state index < -0.39 is 0 Å². The first-order valence-corrected chi connectivity index (χ1v) is 10.2. The number of hydrogen-bond donors (Lipinski definition) is 3. The highest BCUT2D eigenvalue weighted by atomic mass is 16.5. The van der Waals surface area contributed by atoms with Crippen LogP contribution >= 0.6 is 0 Å². The second kappa shape index (κ2) is 10.3. The summed E-state index contributed by atoms with van der Waals surface area (Å²) in [4.78, 5) is 24.1. The summed E-state index contributed by atoms with van der Waals surface area (Å²) in [5.41, 5.74) is 1.15. The van der Waals surface area contributed by atoms with Gasteiger partial charge in [0, 0.05) is 25.1 Å². The van der Waals surface area contributed by atoms with Crippen LogP contribution in [0.5, 0.6) is 0 Å². The van der Waals surface area contributed by atoms with E-state index in [2.05, 4.69) is 28.1 Å². The summed E-state index contributed by atoms with van der Waals surface area (Å²) in [5, 5.41) is 8.57. The van der Waals surface area contributed by atoms with E-state index >= 15 is 0 Å². The van der Waals surface area contributed by atoms with Crippen LogP contribution in [0.3, 0.4) is 0 Å². The second-order valence-electron chi connectivity index (χ2n) is 7.57. The van der Waals surface area contributed by atoms with Crippen molar-refractivity contribution in [1.82, 2.24) is 16.0 Å². The maximum absolute atomic E-state index is 12.1. The van der Waals surface area contributed by atoms with Crippen molar-refractivity contribution in [1.29, 1.82) is 0 Å². The molecule has 27 heavy (non-hydrogen) atoms. The average molecular weight is 373 g/mol. The number of rotatable bonds is 6. The van der Waals surface area contributed by atoms with Crippen molar-refractivity contribution in [3.05, 3.63) is 35.9 Å². The largest absolute Gasteiger partial charge is 0.373 e. The number of nitrogens with one attached hydrogen (secondary N) is 3. The Morgan fingerprint density at radius 3 is 2.52 bits per heavy atom. The highest BCUT2D eigenvalue weighted by molar-refractivity contribution is 5.84. The molecule has 6 heteroatoms. The molecule has 2 fully saturated rings. The third-order valence-electron chi connectivity index (χ3n) is 5.48. The topological polar surface area (TPSA) is 79.5 Å². The van der Waals surface area contributed by atoms with Crippen LogP contribution in [-0.4, -0.2) is 37.7 Å². The van der Waals surface area contributed by atoms with Crippen LogP contribution in [0, 0.1) is 5.92 Å². The summed E-state index contributed by atoms with van der Waals surface area (Å²) in [6.45, 7) is 1.31. The van der Waals surface area contributed by atoms with Crippen LogP contribution < -0.4 is 16.0 Å². The molecule has 6 nitrogen and oxygen atoms in total. The Balaban J connectivity index is 1.39. The zero-order chi connectivity index (χ0) is 18.9. The lowest BCUT2D eigenvalue weighted by molar-refractivity contribution is -0.121. The minimum atomic E-state index is -0.300. The SMILES string of the molecule is O=C(CNC(=O)NC[C@@H]1CCCO[C@H]1c1ccccc1)NC1CCCCC1. The monoisotopic (exact) mass is 373 g/mol. The molecule has 1 heterocycles. The lowest BCUT2D eigenvalue weighted by Crippen LogP contribution is -2.46. The van der Waals surface area contributed by atoms with Gasteiger partial charge in [-0.15, -0.1) is 0 Å². The molecule has 0 unspecified atom stereocenters. The fourth-order valence-electron chi connectivity index (χ4n) is 4.04. The van der Waals surface area contributed by atoms with Gasteiger partial charge in [-0.05, 0) is 31.2 Å². The first-order chi connectivity index (χ1) is 13.2. The summed E-state index contributed by atoms with van der Waals surface area (Å²) >= 11 is 0. The van der Waals surface area contributed by atoms with Crippen molar-refractivity contribution in [3.63, 3.8) is 0 Å². The molecular formula is C21H31N3O3. The zero-order valence-corrected chi connectivity index (χ0v) is 15.9. The van der Waals surface area contributed by atoms with Gasteiger partial charge in [0.25, 0.3) is 0 Å². The van der Waals surface area contributed by atoms with Crippen LogP contribution in [0.4, 0.5) is 4.79 Å². The fraction of sp³-hybridized carbons (Fsp3) is 0.619. The van der Waals surface area contributed by atoms with Gasteiger partial charge in [0.15, 0.2) is 0 Å². The molecule has 1 aromatic rings. The Bertz CT molecular complexity index is 602. The van der Waals surface area contributed by atoms with Crippen molar-refractivity contribution in [2.24, 2.45) is 5.92 Å². The van der Waals surface area contributed by atoms with Gasteiger partial charge in [0.05, 0.1) is 12.6 Å². The van der Waals surface area contributed by atoms with Crippen LogP contribution in [0.1, 0.15) is 56.6 Å². The number of amides is 3. The lowest BCUT2D eigenvalue weighted by Gasteiger charge is -2.32. The Morgan fingerprint density at radius 1 is 0.963 bits per heavy atom.